The molecule has 2 aromatic carbocycles. The Kier molecular flexibility index (Phi) is 6.10. The molecule has 5 rings (SSSR count). The van der Waals surface area contributed by atoms with Gasteiger partial charge in [-0.1, -0.05) is 22.0 Å². The molecule has 33 heavy (non-hydrogen) atoms. The maximum atomic E-state index is 13.9. The molecule has 176 valence electrons. The van der Waals surface area contributed by atoms with Crippen molar-refractivity contribution in [2.45, 2.75) is 50.9 Å². The number of nitrogens with zero attached hydrogens (tertiary/aromatic N) is 3. The van der Waals surface area contributed by atoms with Crippen molar-refractivity contribution in [1.82, 2.24) is 14.5 Å². The summed E-state index contributed by atoms with van der Waals surface area (Å²) in [5, 5.41) is 10.8. The van der Waals surface area contributed by atoms with E-state index in [9.17, 15) is 9.50 Å². The van der Waals surface area contributed by atoms with Crippen LogP contribution in [-0.2, 0) is 23.2 Å². The summed E-state index contributed by atoms with van der Waals surface area (Å²) in [6.07, 6.45) is 3.09. The number of rotatable bonds is 5. The van der Waals surface area contributed by atoms with Gasteiger partial charge in [0, 0.05) is 37.3 Å². The van der Waals surface area contributed by atoms with Crippen molar-refractivity contribution in [2.24, 2.45) is 5.92 Å². The summed E-state index contributed by atoms with van der Waals surface area (Å²) >= 11 is 3.59. The van der Waals surface area contributed by atoms with Crippen LogP contribution >= 0.6 is 15.9 Å². The van der Waals surface area contributed by atoms with Crippen molar-refractivity contribution in [3.05, 3.63) is 63.6 Å². The molecule has 1 fully saturated rings. The van der Waals surface area contributed by atoms with E-state index in [0.717, 1.165) is 48.9 Å². The van der Waals surface area contributed by atoms with Gasteiger partial charge in [-0.05, 0) is 74.4 Å². The van der Waals surface area contributed by atoms with Crippen LogP contribution in [0.3, 0.4) is 0 Å². The number of methoxy groups -OCH3 is 1. The Morgan fingerprint density at radius 2 is 1.97 bits per heavy atom. The summed E-state index contributed by atoms with van der Waals surface area (Å²) in [6, 6.07) is 11.3. The Bertz CT molecular complexity index is 1170. The summed E-state index contributed by atoms with van der Waals surface area (Å²) in [5.41, 5.74) is 3.19. The highest BCUT2D eigenvalue weighted by Gasteiger charge is 2.37. The minimum atomic E-state index is -1.14. The standard InChI is InChI=1S/C26H31BrFN3O2/c1-26(2,32)25-29-21-13-20(28)6-7-22(21)31(25)23-8-9-30(15-24(23)33-3)14-16-10-17-4-5-19(27)12-18(17)11-16/h4-7,12-13,16,23-24,32H,8-11,14-15H2,1-3H3/t16-,23+,24+/m0/s1. The van der Waals surface area contributed by atoms with Crippen LogP contribution < -0.4 is 0 Å². The average Bonchev–Trinajstić information content (AvgIpc) is 3.33. The van der Waals surface area contributed by atoms with Gasteiger partial charge in [0.05, 0.1) is 23.2 Å². The summed E-state index contributed by atoms with van der Waals surface area (Å²) in [5.74, 6) is 0.852. The first kappa shape index (κ1) is 23.0. The average molecular weight is 516 g/mol. The fraction of sp³-hybridized carbons (Fsp3) is 0.500. The van der Waals surface area contributed by atoms with Crippen molar-refractivity contribution >= 4 is 27.0 Å². The van der Waals surface area contributed by atoms with E-state index < -0.39 is 5.60 Å². The molecule has 1 aromatic heterocycles. The van der Waals surface area contributed by atoms with Gasteiger partial charge in [0.15, 0.2) is 0 Å². The topological polar surface area (TPSA) is 50.5 Å². The van der Waals surface area contributed by atoms with Crippen LogP contribution in [0.25, 0.3) is 11.0 Å². The molecule has 0 saturated carbocycles. The molecule has 0 bridgehead atoms. The lowest BCUT2D eigenvalue weighted by atomic mass is 9.97. The molecule has 0 amide bonds. The van der Waals surface area contributed by atoms with Crippen molar-refractivity contribution in [3.8, 4) is 0 Å². The van der Waals surface area contributed by atoms with Gasteiger partial charge in [0.25, 0.3) is 0 Å². The Morgan fingerprint density at radius 3 is 2.73 bits per heavy atom. The number of aliphatic hydroxyl groups is 1. The highest BCUT2D eigenvalue weighted by Crippen LogP contribution is 2.36. The number of hydrogen-bond donors (Lipinski definition) is 1. The maximum Gasteiger partial charge on any atom is 0.141 e. The van der Waals surface area contributed by atoms with Gasteiger partial charge in [-0.3, -0.25) is 0 Å². The van der Waals surface area contributed by atoms with Crippen LogP contribution in [0.2, 0.25) is 0 Å². The first-order valence-corrected chi connectivity index (χ1v) is 12.4. The largest absolute Gasteiger partial charge is 0.383 e. The molecule has 7 heteroatoms. The van der Waals surface area contributed by atoms with Crippen molar-refractivity contribution in [1.29, 1.82) is 0 Å². The van der Waals surface area contributed by atoms with E-state index in [1.807, 2.05) is 0 Å². The summed E-state index contributed by atoms with van der Waals surface area (Å²) in [7, 11) is 1.76. The minimum absolute atomic E-state index is 0.0277. The fourth-order valence-electron chi connectivity index (χ4n) is 5.67. The molecule has 1 aliphatic heterocycles. The first-order valence-electron chi connectivity index (χ1n) is 11.7. The van der Waals surface area contributed by atoms with Crippen molar-refractivity contribution in [3.63, 3.8) is 0 Å². The quantitative estimate of drug-likeness (QED) is 0.528. The van der Waals surface area contributed by atoms with E-state index in [4.69, 9.17) is 4.74 Å². The number of likely N-dealkylation sites (tertiary alicyclic amines) is 1. The molecule has 3 atom stereocenters. The van der Waals surface area contributed by atoms with E-state index in [0.29, 0.717) is 17.3 Å². The Labute approximate surface area is 202 Å². The third-order valence-electron chi connectivity index (χ3n) is 7.14. The molecule has 1 aliphatic carbocycles. The molecule has 5 nitrogen and oxygen atoms in total. The second-order valence-corrected chi connectivity index (χ2v) is 11.0. The van der Waals surface area contributed by atoms with E-state index >= 15 is 0 Å². The van der Waals surface area contributed by atoms with Gasteiger partial charge in [0.1, 0.15) is 17.2 Å². The van der Waals surface area contributed by atoms with Crippen LogP contribution in [0.1, 0.15) is 43.3 Å². The molecule has 2 heterocycles. The van der Waals surface area contributed by atoms with E-state index in [1.54, 1.807) is 27.0 Å². The summed E-state index contributed by atoms with van der Waals surface area (Å²) in [4.78, 5) is 7.13. The van der Waals surface area contributed by atoms with Crippen LogP contribution in [0, 0.1) is 11.7 Å². The number of hydrogen-bond acceptors (Lipinski definition) is 4. The second kappa shape index (κ2) is 8.77. The summed E-state index contributed by atoms with van der Waals surface area (Å²) in [6.45, 7) is 6.28. The SMILES string of the molecule is CO[C@@H]1CN(C[C@H]2Cc3ccc(Br)cc3C2)CC[C@H]1n1c(C(C)(C)O)nc2cc(F)ccc21. The highest BCUT2D eigenvalue weighted by molar-refractivity contribution is 9.10. The van der Waals surface area contributed by atoms with Gasteiger partial charge >= 0.3 is 0 Å². The third kappa shape index (κ3) is 4.48. The molecule has 2 aliphatic rings. The fourth-order valence-corrected chi connectivity index (χ4v) is 6.08. The Morgan fingerprint density at radius 1 is 1.18 bits per heavy atom. The third-order valence-corrected chi connectivity index (χ3v) is 7.64. The lowest BCUT2D eigenvalue weighted by molar-refractivity contribution is -0.0152. The zero-order valence-corrected chi connectivity index (χ0v) is 21.0. The number of benzene rings is 2. The normalized spacial score (nSPS) is 23.9. The Hall–Kier alpha value is -1.80. The number of piperidine rings is 1. The zero-order chi connectivity index (χ0) is 23.3. The smallest absolute Gasteiger partial charge is 0.141 e. The zero-order valence-electron chi connectivity index (χ0n) is 19.4. The molecular weight excluding hydrogens is 485 g/mol. The second-order valence-electron chi connectivity index (χ2n) is 10.1. The number of aromatic nitrogens is 2. The molecule has 0 spiro atoms. The van der Waals surface area contributed by atoms with Crippen LogP contribution in [0.5, 0.6) is 0 Å². The predicted molar refractivity (Wildman–Crippen MR) is 131 cm³/mol. The number of fused-ring (bicyclic) bond motifs is 2. The predicted octanol–water partition coefficient (Wildman–Crippen LogP) is 4.84. The lowest BCUT2D eigenvalue weighted by Gasteiger charge is -2.40. The van der Waals surface area contributed by atoms with Gasteiger partial charge in [0.2, 0.25) is 0 Å². The van der Waals surface area contributed by atoms with Gasteiger partial charge < -0.3 is 19.3 Å². The van der Waals surface area contributed by atoms with Gasteiger partial charge in [-0.25, -0.2) is 9.37 Å². The molecule has 1 N–H and O–H groups in total. The number of ether oxygens (including phenoxy) is 1. The van der Waals surface area contributed by atoms with Crippen molar-refractivity contribution < 1.29 is 14.2 Å². The lowest BCUT2D eigenvalue weighted by Crippen LogP contribution is -2.47. The summed E-state index contributed by atoms with van der Waals surface area (Å²) < 4.78 is 23.1. The number of halogens is 2. The first-order chi connectivity index (χ1) is 15.7. The molecule has 0 unspecified atom stereocenters. The number of imidazole rings is 1. The monoisotopic (exact) mass is 515 g/mol. The Balaban J connectivity index is 1.36. The highest BCUT2D eigenvalue weighted by atomic mass is 79.9. The van der Waals surface area contributed by atoms with Crippen LogP contribution in [0.4, 0.5) is 4.39 Å². The van der Waals surface area contributed by atoms with Gasteiger partial charge in [-0.15, -0.1) is 0 Å². The maximum absolute atomic E-state index is 13.9. The van der Waals surface area contributed by atoms with Gasteiger partial charge in [-0.2, -0.15) is 0 Å². The van der Waals surface area contributed by atoms with E-state index in [1.165, 1.54) is 23.3 Å². The van der Waals surface area contributed by atoms with E-state index in [-0.39, 0.29) is 18.0 Å². The molecule has 0 radical (unpaired) electrons. The van der Waals surface area contributed by atoms with Crippen LogP contribution in [-0.4, -0.2) is 52.4 Å². The molecule has 1 saturated heterocycles. The van der Waals surface area contributed by atoms with Crippen LogP contribution in [0.15, 0.2) is 40.9 Å². The van der Waals surface area contributed by atoms with E-state index in [2.05, 4.69) is 48.6 Å². The molecular formula is C26H31BrFN3O2. The van der Waals surface area contributed by atoms with Crippen molar-refractivity contribution in [2.75, 3.05) is 26.7 Å². The minimum Gasteiger partial charge on any atom is -0.383 e. The molecule has 3 aromatic rings.